The fourth-order valence-corrected chi connectivity index (χ4v) is 1.34. The number of urea groups is 1. The van der Waals surface area contributed by atoms with Gasteiger partial charge in [-0.3, -0.25) is 9.69 Å². The third-order valence-electron chi connectivity index (χ3n) is 2.20. The van der Waals surface area contributed by atoms with Crippen LogP contribution in [-0.2, 0) is 4.79 Å². The van der Waals surface area contributed by atoms with Gasteiger partial charge in [0.05, 0.1) is 19.2 Å². The standard InChI is InChI=1S/C10H19N3O3/c1-10(2,3)12-4-7(14)6-13-8(15)5-11-9(13)16/h7,12,14H,4-6H2,1-3H3,(H,11,16). The van der Waals surface area contributed by atoms with Crippen molar-refractivity contribution in [1.29, 1.82) is 0 Å². The van der Waals surface area contributed by atoms with E-state index in [2.05, 4.69) is 10.6 Å². The van der Waals surface area contributed by atoms with Crippen molar-refractivity contribution in [3.63, 3.8) is 0 Å². The Hall–Kier alpha value is -1.14. The number of rotatable bonds is 4. The van der Waals surface area contributed by atoms with Crippen LogP contribution in [-0.4, -0.2) is 53.2 Å². The summed E-state index contributed by atoms with van der Waals surface area (Å²) in [6.45, 7) is 6.35. The lowest BCUT2D eigenvalue weighted by Gasteiger charge is -2.24. The third-order valence-corrected chi connectivity index (χ3v) is 2.20. The van der Waals surface area contributed by atoms with E-state index in [-0.39, 0.29) is 24.5 Å². The molecule has 0 aromatic rings. The number of nitrogens with one attached hydrogen (secondary N) is 2. The largest absolute Gasteiger partial charge is 0.390 e. The number of aliphatic hydroxyl groups excluding tert-OH is 1. The molecule has 0 aliphatic carbocycles. The summed E-state index contributed by atoms with van der Waals surface area (Å²) in [7, 11) is 0. The molecule has 1 rings (SSSR count). The predicted octanol–water partition coefficient (Wildman–Crippen LogP) is -0.713. The Morgan fingerprint density at radius 2 is 2.12 bits per heavy atom. The fraction of sp³-hybridized carbons (Fsp3) is 0.800. The molecule has 1 heterocycles. The lowest BCUT2D eigenvalue weighted by molar-refractivity contribution is -0.125. The van der Waals surface area contributed by atoms with Gasteiger partial charge < -0.3 is 15.7 Å². The zero-order chi connectivity index (χ0) is 12.3. The van der Waals surface area contributed by atoms with E-state index in [1.807, 2.05) is 20.8 Å². The Morgan fingerprint density at radius 1 is 1.50 bits per heavy atom. The molecule has 6 nitrogen and oxygen atoms in total. The Labute approximate surface area is 95.0 Å². The molecule has 1 aliphatic rings. The number of hydrogen-bond acceptors (Lipinski definition) is 4. The number of carbonyl (C=O) groups excluding carboxylic acids is 2. The van der Waals surface area contributed by atoms with Gasteiger partial charge in [-0.15, -0.1) is 0 Å². The number of β-amino-alcohol motifs (C(OH)–C–C–N with tert-alkyl or cyclic N) is 1. The first-order valence-electron chi connectivity index (χ1n) is 5.31. The highest BCUT2D eigenvalue weighted by Gasteiger charge is 2.30. The van der Waals surface area contributed by atoms with Gasteiger partial charge in [-0.2, -0.15) is 0 Å². The number of imide groups is 1. The maximum atomic E-state index is 11.2. The summed E-state index contributed by atoms with van der Waals surface area (Å²) >= 11 is 0. The van der Waals surface area contributed by atoms with Crippen molar-refractivity contribution in [3.8, 4) is 0 Å². The highest BCUT2D eigenvalue weighted by atomic mass is 16.3. The van der Waals surface area contributed by atoms with E-state index in [4.69, 9.17) is 0 Å². The molecule has 1 fully saturated rings. The molecule has 0 saturated carbocycles. The SMILES string of the molecule is CC(C)(C)NCC(O)CN1C(=O)CNC1=O. The van der Waals surface area contributed by atoms with E-state index in [0.717, 1.165) is 4.90 Å². The second-order valence-corrected chi connectivity index (χ2v) is 4.95. The van der Waals surface area contributed by atoms with Crippen molar-refractivity contribution in [3.05, 3.63) is 0 Å². The lowest BCUT2D eigenvalue weighted by Crippen LogP contribution is -2.46. The van der Waals surface area contributed by atoms with Gasteiger partial charge in [0.15, 0.2) is 0 Å². The normalized spacial score (nSPS) is 18.9. The molecule has 16 heavy (non-hydrogen) atoms. The van der Waals surface area contributed by atoms with E-state index < -0.39 is 12.1 Å². The number of carbonyl (C=O) groups is 2. The van der Waals surface area contributed by atoms with Crippen LogP contribution >= 0.6 is 0 Å². The average molecular weight is 229 g/mol. The first-order valence-corrected chi connectivity index (χ1v) is 5.31. The Kier molecular flexibility index (Phi) is 3.88. The molecular weight excluding hydrogens is 210 g/mol. The first kappa shape index (κ1) is 12.9. The molecule has 0 radical (unpaired) electrons. The van der Waals surface area contributed by atoms with Gasteiger partial charge >= 0.3 is 6.03 Å². The van der Waals surface area contributed by atoms with Gasteiger partial charge in [-0.1, -0.05) is 0 Å². The number of nitrogens with zero attached hydrogens (tertiary/aromatic N) is 1. The van der Waals surface area contributed by atoms with Crippen molar-refractivity contribution in [1.82, 2.24) is 15.5 Å². The molecular formula is C10H19N3O3. The Balaban J connectivity index is 2.36. The molecule has 92 valence electrons. The average Bonchev–Trinajstić information content (AvgIpc) is 2.45. The minimum Gasteiger partial charge on any atom is -0.390 e. The fourth-order valence-electron chi connectivity index (χ4n) is 1.34. The summed E-state index contributed by atoms with van der Waals surface area (Å²) < 4.78 is 0. The van der Waals surface area contributed by atoms with E-state index >= 15 is 0 Å². The van der Waals surface area contributed by atoms with Gasteiger partial charge in [-0.05, 0) is 20.8 Å². The van der Waals surface area contributed by atoms with Crippen molar-refractivity contribution in [2.75, 3.05) is 19.6 Å². The second-order valence-electron chi connectivity index (χ2n) is 4.95. The minimum absolute atomic E-state index is 0.0260. The second kappa shape index (κ2) is 4.80. The highest BCUT2D eigenvalue weighted by molar-refractivity contribution is 6.01. The summed E-state index contributed by atoms with van der Waals surface area (Å²) in [5.41, 5.74) is -0.0990. The first-order chi connectivity index (χ1) is 7.29. The predicted molar refractivity (Wildman–Crippen MR) is 58.9 cm³/mol. The van der Waals surface area contributed by atoms with Gasteiger partial charge in [0.25, 0.3) is 0 Å². The molecule has 0 bridgehead atoms. The van der Waals surface area contributed by atoms with E-state index in [0.29, 0.717) is 6.54 Å². The number of hydrogen-bond donors (Lipinski definition) is 3. The molecule has 0 aromatic carbocycles. The zero-order valence-electron chi connectivity index (χ0n) is 9.91. The summed E-state index contributed by atoms with van der Waals surface area (Å²) in [5, 5.41) is 15.2. The van der Waals surface area contributed by atoms with Crippen LogP contribution < -0.4 is 10.6 Å². The molecule has 1 saturated heterocycles. The Morgan fingerprint density at radius 3 is 2.56 bits per heavy atom. The summed E-state index contributed by atoms with van der Waals surface area (Å²) in [5.74, 6) is -0.292. The number of amides is 3. The van der Waals surface area contributed by atoms with Crippen LogP contribution in [0.3, 0.4) is 0 Å². The molecule has 3 N–H and O–H groups in total. The zero-order valence-corrected chi connectivity index (χ0v) is 9.91. The van der Waals surface area contributed by atoms with Crippen molar-refractivity contribution in [2.24, 2.45) is 0 Å². The summed E-state index contributed by atoms with van der Waals surface area (Å²) in [4.78, 5) is 23.5. The van der Waals surface area contributed by atoms with Crippen LogP contribution in [0.2, 0.25) is 0 Å². The van der Waals surface area contributed by atoms with Crippen LogP contribution in [0, 0.1) is 0 Å². The highest BCUT2D eigenvalue weighted by Crippen LogP contribution is 2.02. The molecule has 1 aliphatic heterocycles. The quantitative estimate of drug-likeness (QED) is 0.556. The van der Waals surface area contributed by atoms with Crippen molar-refractivity contribution in [2.45, 2.75) is 32.4 Å². The topological polar surface area (TPSA) is 81.7 Å². The van der Waals surface area contributed by atoms with Gasteiger partial charge in [-0.25, -0.2) is 4.79 Å². The maximum absolute atomic E-state index is 11.2. The minimum atomic E-state index is -0.743. The van der Waals surface area contributed by atoms with Crippen LogP contribution in [0.4, 0.5) is 4.79 Å². The van der Waals surface area contributed by atoms with E-state index in [1.54, 1.807) is 0 Å². The molecule has 0 spiro atoms. The summed E-state index contributed by atoms with van der Waals surface area (Å²) in [6.07, 6.45) is -0.743. The third kappa shape index (κ3) is 3.79. The van der Waals surface area contributed by atoms with E-state index in [9.17, 15) is 14.7 Å². The Bertz CT molecular complexity index is 270. The van der Waals surface area contributed by atoms with Crippen LogP contribution in [0.15, 0.2) is 0 Å². The summed E-state index contributed by atoms with van der Waals surface area (Å²) in [6, 6.07) is -0.431. The van der Waals surface area contributed by atoms with Crippen molar-refractivity contribution >= 4 is 11.9 Å². The monoisotopic (exact) mass is 229 g/mol. The molecule has 0 aromatic heterocycles. The van der Waals surface area contributed by atoms with Gasteiger partial charge in [0, 0.05) is 12.1 Å². The van der Waals surface area contributed by atoms with Gasteiger partial charge in [0.2, 0.25) is 5.91 Å². The molecule has 1 unspecified atom stereocenters. The molecule has 6 heteroatoms. The number of aliphatic hydroxyl groups is 1. The van der Waals surface area contributed by atoms with Crippen molar-refractivity contribution < 1.29 is 14.7 Å². The van der Waals surface area contributed by atoms with E-state index in [1.165, 1.54) is 0 Å². The smallest absolute Gasteiger partial charge is 0.324 e. The lowest BCUT2D eigenvalue weighted by atomic mass is 10.1. The van der Waals surface area contributed by atoms with Crippen LogP contribution in [0.25, 0.3) is 0 Å². The molecule has 1 atom stereocenters. The van der Waals surface area contributed by atoms with Crippen LogP contribution in [0.5, 0.6) is 0 Å². The molecule has 3 amide bonds. The van der Waals surface area contributed by atoms with Crippen LogP contribution in [0.1, 0.15) is 20.8 Å². The maximum Gasteiger partial charge on any atom is 0.324 e. The van der Waals surface area contributed by atoms with Gasteiger partial charge in [0.1, 0.15) is 0 Å².